The fourth-order valence-corrected chi connectivity index (χ4v) is 5.75. The van der Waals surface area contributed by atoms with Crippen molar-refractivity contribution in [1.82, 2.24) is 5.16 Å². The second-order valence-electron chi connectivity index (χ2n) is 8.97. The second kappa shape index (κ2) is 8.79. The highest BCUT2D eigenvalue weighted by atomic mass is 32.2. The van der Waals surface area contributed by atoms with E-state index in [1.165, 1.54) is 12.1 Å². The largest absolute Gasteiger partial charge is 0.488 e. The van der Waals surface area contributed by atoms with E-state index < -0.39 is 16.0 Å². The predicted molar refractivity (Wildman–Crippen MR) is 126 cm³/mol. The van der Waals surface area contributed by atoms with Gasteiger partial charge in [-0.15, -0.1) is 0 Å². The van der Waals surface area contributed by atoms with E-state index in [4.69, 9.17) is 9.26 Å². The average molecular weight is 483 g/mol. The molecule has 3 aromatic rings. The molecule has 2 aliphatic carbocycles. The standard InChI is InChI=1S/C25H26N2O6S/c1-15-21(14-26-33-15)18-9-11-23(32-19-4-2-3-5-19)22(12-18)27-34(30,31)24-13-17(16-6-7-16)8-10-20(24)25(28)29/h8-14,16,19,27H,2-7H2,1H3,(H,28,29). The molecule has 0 radical (unpaired) electrons. The zero-order chi connectivity index (χ0) is 23.9. The number of anilines is 1. The SMILES string of the molecule is Cc1oncc1-c1ccc(OC2CCCC2)c(NS(=O)(=O)c2cc(C3CC3)ccc2C(=O)O)c1. The summed E-state index contributed by atoms with van der Waals surface area (Å²) in [4.78, 5) is 11.6. The first-order valence-electron chi connectivity index (χ1n) is 11.4. The van der Waals surface area contributed by atoms with E-state index in [1.807, 2.05) is 6.07 Å². The monoisotopic (exact) mass is 482 g/mol. The van der Waals surface area contributed by atoms with Crippen LogP contribution in [-0.2, 0) is 10.0 Å². The van der Waals surface area contributed by atoms with Gasteiger partial charge in [0.1, 0.15) is 16.4 Å². The van der Waals surface area contributed by atoms with Crippen LogP contribution in [-0.4, -0.2) is 30.8 Å². The van der Waals surface area contributed by atoms with Gasteiger partial charge < -0.3 is 14.4 Å². The molecule has 1 heterocycles. The Balaban J connectivity index is 1.56. The summed E-state index contributed by atoms with van der Waals surface area (Å²) in [6.07, 6.45) is 7.48. The van der Waals surface area contributed by atoms with E-state index in [0.717, 1.165) is 49.7 Å². The molecule has 8 nitrogen and oxygen atoms in total. The van der Waals surface area contributed by atoms with Crippen molar-refractivity contribution >= 4 is 21.7 Å². The van der Waals surface area contributed by atoms with Gasteiger partial charge in [0, 0.05) is 5.56 Å². The maximum atomic E-state index is 13.5. The molecule has 0 atom stereocenters. The molecule has 0 saturated heterocycles. The number of carboxylic acids is 1. The molecular weight excluding hydrogens is 456 g/mol. The van der Waals surface area contributed by atoms with E-state index >= 15 is 0 Å². The van der Waals surface area contributed by atoms with Crippen molar-refractivity contribution in [2.45, 2.75) is 62.4 Å². The number of rotatable bonds is 8. The number of aromatic nitrogens is 1. The molecule has 2 aliphatic rings. The summed E-state index contributed by atoms with van der Waals surface area (Å²) in [7, 11) is -4.22. The van der Waals surface area contributed by atoms with Crippen molar-refractivity contribution < 1.29 is 27.6 Å². The number of carbonyl (C=O) groups is 1. The lowest BCUT2D eigenvalue weighted by atomic mass is 10.1. The molecule has 2 fully saturated rings. The van der Waals surface area contributed by atoms with Crippen LogP contribution in [0, 0.1) is 6.92 Å². The highest BCUT2D eigenvalue weighted by Crippen LogP contribution is 2.42. The van der Waals surface area contributed by atoms with E-state index in [9.17, 15) is 18.3 Å². The van der Waals surface area contributed by atoms with Crippen LogP contribution in [0.2, 0.25) is 0 Å². The minimum absolute atomic E-state index is 0.0132. The molecule has 2 N–H and O–H groups in total. The summed E-state index contributed by atoms with van der Waals surface area (Å²) in [5, 5.41) is 13.5. The average Bonchev–Trinajstić information content (AvgIpc) is 3.37. The van der Waals surface area contributed by atoms with Crippen LogP contribution in [0.1, 0.15) is 66.1 Å². The van der Waals surface area contributed by atoms with Gasteiger partial charge in [0.2, 0.25) is 0 Å². The van der Waals surface area contributed by atoms with Crippen LogP contribution < -0.4 is 9.46 Å². The summed E-state index contributed by atoms with van der Waals surface area (Å²) >= 11 is 0. The molecule has 0 bridgehead atoms. The smallest absolute Gasteiger partial charge is 0.337 e. The lowest BCUT2D eigenvalue weighted by Crippen LogP contribution is -2.19. The van der Waals surface area contributed by atoms with Crippen molar-refractivity contribution in [3.05, 3.63) is 59.5 Å². The molecule has 0 spiro atoms. The second-order valence-corrected chi connectivity index (χ2v) is 10.6. The minimum Gasteiger partial charge on any atom is -0.488 e. The number of sulfonamides is 1. The van der Waals surface area contributed by atoms with Crippen LogP contribution in [0.5, 0.6) is 5.75 Å². The Labute approximate surface area is 198 Å². The van der Waals surface area contributed by atoms with E-state index in [2.05, 4.69) is 9.88 Å². The van der Waals surface area contributed by atoms with Gasteiger partial charge >= 0.3 is 5.97 Å². The quantitative estimate of drug-likeness (QED) is 0.444. The number of nitrogens with zero attached hydrogens (tertiary/aromatic N) is 1. The Morgan fingerprint density at radius 3 is 2.53 bits per heavy atom. The topological polar surface area (TPSA) is 119 Å². The molecule has 9 heteroatoms. The van der Waals surface area contributed by atoms with Gasteiger partial charge in [0.25, 0.3) is 10.0 Å². The number of ether oxygens (including phenoxy) is 1. The lowest BCUT2D eigenvalue weighted by molar-refractivity contribution is 0.0692. The molecule has 0 amide bonds. The Morgan fingerprint density at radius 1 is 1.12 bits per heavy atom. The molecule has 1 aromatic heterocycles. The first-order valence-corrected chi connectivity index (χ1v) is 12.9. The van der Waals surface area contributed by atoms with Crippen molar-refractivity contribution in [2.75, 3.05) is 4.72 Å². The number of hydrogen-bond donors (Lipinski definition) is 2. The van der Waals surface area contributed by atoms with Crippen molar-refractivity contribution in [2.24, 2.45) is 0 Å². The molecule has 2 saturated carbocycles. The molecule has 0 unspecified atom stereocenters. The van der Waals surface area contributed by atoms with Gasteiger partial charge in [-0.05, 0) is 86.8 Å². The zero-order valence-electron chi connectivity index (χ0n) is 18.8. The maximum Gasteiger partial charge on any atom is 0.337 e. The van der Waals surface area contributed by atoms with Gasteiger partial charge in [-0.25, -0.2) is 13.2 Å². The predicted octanol–water partition coefficient (Wildman–Crippen LogP) is 5.35. The molecule has 5 rings (SSSR count). The van der Waals surface area contributed by atoms with E-state index in [1.54, 1.807) is 31.3 Å². The van der Waals surface area contributed by atoms with Crippen LogP contribution in [0.4, 0.5) is 5.69 Å². The zero-order valence-corrected chi connectivity index (χ0v) is 19.6. The molecule has 34 heavy (non-hydrogen) atoms. The van der Waals surface area contributed by atoms with Crippen molar-refractivity contribution in [3.8, 4) is 16.9 Å². The van der Waals surface area contributed by atoms with Gasteiger partial charge in [0.05, 0.1) is 23.6 Å². The van der Waals surface area contributed by atoms with Gasteiger partial charge in [-0.2, -0.15) is 0 Å². The highest BCUT2D eigenvalue weighted by Gasteiger charge is 2.30. The number of hydrogen-bond acceptors (Lipinski definition) is 6. The minimum atomic E-state index is -4.22. The number of nitrogens with one attached hydrogen (secondary N) is 1. The van der Waals surface area contributed by atoms with Crippen LogP contribution in [0.15, 0.2) is 52.0 Å². The highest BCUT2D eigenvalue weighted by molar-refractivity contribution is 7.92. The van der Waals surface area contributed by atoms with Gasteiger partial charge in [-0.3, -0.25) is 4.72 Å². The lowest BCUT2D eigenvalue weighted by Gasteiger charge is -2.19. The fraction of sp³-hybridized carbons (Fsp3) is 0.360. The number of aryl methyl sites for hydroxylation is 1. The molecular formula is C25H26N2O6S. The molecule has 2 aromatic carbocycles. The van der Waals surface area contributed by atoms with E-state index in [0.29, 0.717) is 17.1 Å². The third-order valence-electron chi connectivity index (χ3n) is 6.46. The Bertz CT molecular complexity index is 1340. The third-order valence-corrected chi connectivity index (χ3v) is 7.86. The Morgan fingerprint density at radius 2 is 1.88 bits per heavy atom. The molecule has 178 valence electrons. The number of aromatic carboxylic acids is 1. The first-order chi connectivity index (χ1) is 16.3. The van der Waals surface area contributed by atoms with Gasteiger partial charge in [0.15, 0.2) is 0 Å². The summed E-state index contributed by atoms with van der Waals surface area (Å²) in [6.45, 7) is 1.78. The van der Waals surface area contributed by atoms with E-state index in [-0.39, 0.29) is 28.2 Å². The summed E-state index contributed by atoms with van der Waals surface area (Å²) in [5.41, 5.74) is 2.26. The third kappa shape index (κ3) is 4.52. The van der Waals surface area contributed by atoms with Crippen LogP contribution >= 0.6 is 0 Å². The summed E-state index contributed by atoms with van der Waals surface area (Å²) in [6, 6.07) is 9.79. The van der Waals surface area contributed by atoms with Crippen molar-refractivity contribution in [1.29, 1.82) is 0 Å². The first kappa shape index (κ1) is 22.5. The summed E-state index contributed by atoms with van der Waals surface area (Å²) < 4.78 is 41.0. The maximum absolute atomic E-state index is 13.5. The Hall–Kier alpha value is -3.33. The Kier molecular flexibility index (Phi) is 5.81. The fourth-order valence-electron chi connectivity index (χ4n) is 4.45. The number of benzene rings is 2. The van der Waals surface area contributed by atoms with Crippen LogP contribution in [0.25, 0.3) is 11.1 Å². The normalized spacial score (nSPS) is 16.5. The summed E-state index contributed by atoms with van der Waals surface area (Å²) in [5.74, 6) is -0.0101. The van der Waals surface area contributed by atoms with Crippen molar-refractivity contribution in [3.63, 3.8) is 0 Å². The molecule has 0 aliphatic heterocycles. The van der Waals surface area contributed by atoms with Crippen LogP contribution in [0.3, 0.4) is 0 Å². The van der Waals surface area contributed by atoms with Gasteiger partial charge in [-0.1, -0.05) is 17.3 Å². The number of carboxylic acid groups (broad SMARTS) is 1.